The van der Waals surface area contributed by atoms with E-state index in [4.69, 9.17) is 9.78 Å². The molecule has 0 aliphatic carbocycles. The molecule has 0 radical (unpaired) electrons. The molecule has 0 aliphatic rings. The van der Waals surface area contributed by atoms with E-state index in [2.05, 4.69) is 0 Å². The largest absolute Gasteiger partial charge is 1.00 e. The minimum Gasteiger partial charge on any atom is -1.00 e. The first-order valence-corrected chi connectivity index (χ1v) is 4.40. The van der Waals surface area contributed by atoms with Gasteiger partial charge in [0.15, 0.2) is 11.5 Å². The Balaban J connectivity index is 0.00000112. The summed E-state index contributed by atoms with van der Waals surface area (Å²) in [6, 6.07) is 18.8. The molecule has 0 unspecified atom stereocenters. The third-order valence-corrected chi connectivity index (χ3v) is 1.72. The van der Waals surface area contributed by atoms with Gasteiger partial charge in [0.2, 0.25) is 0 Å². The van der Waals surface area contributed by atoms with Crippen molar-refractivity contribution in [3.8, 4) is 11.5 Å². The summed E-state index contributed by atoms with van der Waals surface area (Å²) in [4.78, 5) is 10.2. The molecule has 0 spiro atoms. The van der Waals surface area contributed by atoms with Crippen molar-refractivity contribution in [1.82, 2.24) is 0 Å². The number of hydrogen-bond acceptors (Lipinski definition) is 2. The van der Waals surface area contributed by atoms with Gasteiger partial charge in [0.25, 0.3) is 0 Å². The minimum atomic E-state index is 0. The molecule has 2 aromatic carbocycles. The number of para-hydroxylation sites is 2. The van der Waals surface area contributed by atoms with Crippen LogP contribution in [0.25, 0.3) is 0 Å². The first-order valence-electron chi connectivity index (χ1n) is 4.40. The zero-order chi connectivity index (χ0) is 9.64. The topological polar surface area (TPSA) is 18.5 Å². The van der Waals surface area contributed by atoms with E-state index >= 15 is 0 Å². The quantitative estimate of drug-likeness (QED) is 0.408. The Morgan fingerprint density at radius 2 is 0.933 bits per heavy atom. The summed E-state index contributed by atoms with van der Waals surface area (Å²) in [6.07, 6.45) is 0. The molecule has 72 valence electrons. The molecule has 0 saturated carbocycles. The van der Waals surface area contributed by atoms with Crippen LogP contribution in [0.5, 0.6) is 11.5 Å². The first kappa shape index (κ1) is 12.1. The summed E-state index contributed by atoms with van der Waals surface area (Å²) in [6.45, 7) is 0. The van der Waals surface area contributed by atoms with Crippen LogP contribution in [0.3, 0.4) is 0 Å². The van der Waals surface area contributed by atoms with Crippen LogP contribution in [-0.4, -0.2) is 0 Å². The predicted molar refractivity (Wildman–Crippen MR) is 55.3 cm³/mol. The minimum absolute atomic E-state index is 0. The molecule has 0 atom stereocenters. The predicted octanol–water partition coefficient (Wildman–Crippen LogP) is 0.176. The first-order chi connectivity index (χ1) is 6.95. The van der Waals surface area contributed by atoms with Crippen molar-refractivity contribution >= 4 is 0 Å². The van der Waals surface area contributed by atoms with Crippen molar-refractivity contribution in [3.63, 3.8) is 0 Å². The standard InChI is InChI=1S/C12H10O2.Na.H/c1-3-7-11(8-4-1)13-14-12-9-5-2-6-10-12;;/h1-10H;;/q;+1;-1. The molecule has 0 N–H and O–H groups in total. The van der Waals surface area contributed by atoms with Gasteiger partial charge in [-0.2, -0.15) is 0 Å². The smallest absolute Gasteiger partial charge is 1.00 e. The van der Waals surface area contributed by atoms with E-state index in [-0.39, 0.29) is 31.0 Å². The Morgan fingerprint density at radius 1 is 0.600 bits per heavy atom. The number of benzene rings is 2. The van der Waals surface area contributed by atoms with Crippen molar-refractivity contribution in [2.45, 2.75) is 0 Å². The third kappa shape index (κ3) is 3.96. The summed E-state index contributed by atoms with van der Waals surface area (Å²) in [5.74, 6) is 1.38. The fourth-order valence-electron chi connectivity index (χ4n) is 1.05. The Kier molecular flexibility index (Phi) is 5.26. The van der Waals surface area contributed by atoms with Crippen LogP contribution in [0.1, 0.15) is 1.43 Å². The third-order valence-electron chi connectivity index (χ3n) is 1.72. The monoisotopic (exact) mass is 210 g/mol. The molecular formula is C12H11NaO2. The van der Waals surface area contributed by atoms with Crippen LogP contribution in [0, 0.1) is 0 Å². The average Bonchev–Trinajstić information content (AvgIpc) is 2.29. The van der Waals surface area contributed by atoms with Gasteiger partial charge in [-0.1, -0.05) is 36.4 Å². The second kappa shape index (κ2) is 6.51. The summed E-state index contributed by atoms with van der Waals surface area (Å²) in [5.41, 5.74) is 0. The van der Waals surface area contributed by atoms with Gasteiger partial charge in [-0.15, -0.1) is 0 Å². The van der Waals surface area contributed by atoms with Gasteiger partial charge in [-0.25, -0.2) is 0 Å². The Hall–Kier alpha value is -0.960. The van der Waals surface area contributed by atoms with Crippen molar-refractivity contribution in [2.24, 2.45) is 0 Å². The van der Waals surface area contributed by atoms with Gasteiger partial charge in [0.05, 0.1) is 0 Å². The summed E-state index contributed by atoms with van der Waals surface area (Å²) < 4.78 is 0. The van der Waals surface area contributed by atoms with E-state index < -0.39 is 0 Å². The second-order valence-electron chi connectivity index (χ2n) is 2.79. The summed E-state index contributed by atoms with van der Waals surface area (Å²) in [5, 5.41) is 0. The van der Waals surface area contributed by atoms with Crippen LogP contribution < -0.4 is 39.3 Å². The molecule has 0 aliphatic heterocycles. The maximum absolute atomic E-state index is 5.09. The van der Waals surface area contributed by atoms with Crippen molar-refractivity contribution in [1.29, 1.82) is 0 Å². The molecule has 3 heteroatoms. The molecular weight excluding hydrogens is 199 g/mol. The second-order valence-corrected chi connectivity index (χ2v) is 2.79. The Morgan fingerprint density at radius 3 is 1.27 bits per heavy atom. The van der Waals surface area contributed by atoms with Crippen molar-refractivity contribution in [2.75, 3.05) is 0 Å². The molecule has 15 heavy (non-hydrogen) atoms. The van der Waals surface area contributed by atoms with Crippen LogP contribution in [0.15, 0.2) is 60.7 Å². The Bertz CT molecular complexity index is 341. The van der Waals surface area contributed by atoms with Crippen molar-refractivity contribution < 1.29 is 40.8 Å². The van der Waals surface area contributed by atoms with Crippen LogP contribution in [-0.2, 0) is 0 Å². The van der Waals surface area contributed by atoms with E-state index in [1.54, 1.807) is 0 Å². The van der Waals surface area contributed by atoms with E-state index in [9.17, 15) is 0 Å². The molecule has 0 amide bonds. The SMILES string of the molecule is [H-].[Na+].c1ccc(OOc2ccccc2)cc1. The molecule has 0 saturated heterocycles. The molecule has 2 nitrogen and oxygen atoms in total. The van der Waals surface area contributed by atoms with Gasteiger partial charge in [-0.05, 0) is 24.3 Å². The number of hydrogen-bond donors (Lipinski definition) is 0. The normalized spacial score (nSPS) is 8.80. The fraction of sp³-hybridized carbons (Fsp3) is 0. The molecule has 2 rings (SSSR count). The van der Waals surface area contributed by atoms with Gasteiger partial charge in [-0.3, -0.25) is 9.78 Å². The summed E-state index contributed by atoms with van der Waals surface area (Å²) in [7, 11) is 0. The number of rotatable bonds is 3. The van der Waals surface area contributed by atoms with Gasteiger partial charge >= 0.3 is 29.6 Å². The molecule has 0 fully saturated rings. The molecule has 0 aromatic heterocycles. The molecule has 2 aromatic rings. The average molecular weight is 210 g/mol. The molecule has 0 bridgehead atoms. The van der Waals surface area contributed by atoms with Crippen molar-refractivity contribution in [3.05, 3.63) is 60.7 Å². The van der Waals surface area contributed by atoms with E-state index in [1.165, 1.54) is 0 Å². The van der Waals surface area contributed by atoms with Gasteiger partial charge < -0.3 is 1.43 Å². The zero-order valence-corrected chi connectivity index (χ0v) is 10.6. The maximum Gasteiger partial charge on any atom is 1.00 e. The Labute approximate surface area is 113 Å². The van der Waals surface area contributed by atoms with E-state index in [0.29, 0.717) is 11.5 Å². The van der Waals surface area contributed by atoms with Crippen LogP contribution in [0.2, 0.25) is 0 Å². The maximum atomic E-state index is 5.09. The molecule has 0 heterocycles. The summed E-state index contributed by atoms with van der Waals surface area (Å²) >= 11 is 0. The fourth-order valence-corrected chi connectivity index (χ4v) is 1.05. The zero-order valence-electron chi connectivity index (χ0n) is 9.59. The van der Waals surface area contributed by atoms with Crippen LogP contribution >= 0.6 is 0 Å². The van der Waals surface area contributed by atoms with Gasteiger partial charge in [0.1, 0.15) is 0 Å². The van der Waals surface area contributed by atoms with E-state index in [0.717, 1.165) is 0 Å². The van der Waals surface area contributed by atoms with Gasteiger partial charge in [0, 0.05) is 0 Å². The van der Waals surface area contributed by atoms with E-state index in [1.807, 2.05) is 60.7 Å². The van der Waals surface area contributed by atoms with Crippen LogP contribution in [0.4, 0.5) is 0 Å².